The van der Waals surface area contributed by atoms with Crippen LogP contribution in [-0.2, 0) is 4.79 Å². The lowest BCUT2D eigenvalue weighted by molar-refractivity contribution is -0.137. The molecular formula is C13H25N3O3. The zero-order valence-electron chi connectivity index (χ0n) is 11.8. The normalized spacial score (nSPS) is 17.8. The highest BCUT2D eigenvalue weighted by Crippen LogP contribution is 2.12. The van der Waals surface area contributed by atoms with Crippen LogP contribution in [0.4, 0.5) is 4.79 Å². The van der Waals surface area contributed by atoms with Crippen molar-refractivity contribution < 1.29 is 14.7 Å². The van der Waals surface area contributed by atoms with Gasteiger partial charge in [-0.05, 0) is 38.8 Å². The average molecular weight is 271 g/mol. The van der Waals surface area contributed by atoms with Crippen molar-refractivity contribution >= 4 is 12.0 Å². The SMILES string of the molecule is CCN(C(=O)NCC(C)CC(=O)O)C1CCNCC1. The molecule has 1 unspecified atom stereocenters. The molecule has 1 fully saturated rings. The molecule has 3 N–H and O–H groups in total. The van der Waals surface area contributed by atoms with Gasteiger partial charge in [-0.3, -0.25) is 4.79 Å². The number of nitrogens with zero attached hydrogens (tertiary/aromatic N) is 1. The molecule has 0 aromatic carbocycles. The van der Waals surface area contributed by atoms with E-state index in [0.717, 1.165) is 25.9 Å². The van der Waals surface area contributed by atoms with Gasteiger partial charge in [-0.1, -0.05) is 6.92 Å². The molecule has 19 heavy (non-hydrogen) atoms. The maximum atomic E-state index is 12.1. The Hall–Kier alpha value is -1.30. The van der Waals surface area contributed by atoms with Crippen LogP contribution < -0.4 is 10.6 Å². The molecule has 1 atom stereocenters. The van der Waals surface area contributed by atoms with Crippen LogP contribution in [0.1, 0.15) is 33.1 Å². The Balaban J connectivity index is 2.38. The van der Waals surface area contributed by atoms with Gasteiger partial charge in [0.1, 0.15) is 0 Å². The third kappa shape index (κ3) is 5.46. The zero-order chi connectivity index (χ0) is 14.3. The summed E-state index contributed by atoms with van der Waals surface area (Å²) in [7, 11) is 0. The quantitative estimate of drug-likeness (QED) is 0.670. The summed E-state index contributed by atoms with van der Waals surface area (Å²) < 4.78 is 0. The third-order valence-corrected chi connectivity index (χ3v) is 3.48. The number of aliphatic carboxylic acids is 1. The molecule has 1 aliphatic rings. The van der Waals surface area contributed by atoms with E-state index in [4.69, 9.17) is 5.11 Å². The molecule has 0 aromatic rings. The Morgan fingerprint density at radius 3 is 2.58 bits per heavy atom. The number of piperidine rings is 1. The summed E-state index contributed by atoms with van der Waals surface area (Å²) in [5.74, 6) is -0.874. The summed E-state index contributed by atoms with van der Waals surface area (Å²) in [5, 5.41) is 14.8. The van der Waals surface area contributed by atoms with Crippen LogP contribution in [0, 0.1) is 5.92 Å². The first-order valence-corrected chi connectivity index (χ1v) is 7.01. The molecule has 0 aliphatic carbocycles. The van der Waals surface area contributed by atoms with Gasteiger partial charge in [0, 0.05) is 25.6 Å². The molecule has 1 rings (SSSR count). The number of carbonyl (C=O) groups excluding carboxylic acids is 1. The van der Waals surface area contributed by atoms with E-state index in [1.807, 2.05) is 18.7 Å². The largest absolute Gasteiger partial charge is 0.481 e. The summed E-state index contributed by atoms with van der Waals surface area (Å²) >= 11 is 0. The highest BCUT2D eigenvalue weighted by Gasteiger charge is 2.24. The maximum absolute atomic E-state index is 12.1. The summed E-state index contributed by atoms with van der Waals surface area (Å²) in [6, 6.07) is 0.215. The number of carbonyl (C=O) groups is 2. The number of hydrogen-bond acceptors (Lipinski definition) is 3. The summed E-state index contributed by atoms with van der Waals surface area (Å²) in [6.45, 7) is 6.79. The van der Waals surface area contributed by atoms with E-state index >= 15 is 0 Å². The van der Waals surface area contributed by atoms with Gasteiger partial charge < -0.3 is 20.6 Å². The van der Waals surface area contributed by atoms with Crippen molar-refractivity contribution in [1.29, 1.82) is 0 Å². The van der Waals surface area contributed by atoms with Crippen molar-refractivity contribution in [2.24, 2.45) is 5.92 Å². The minimum atomic E-state index is -0.826. The number of rotatable bonds is 6. The molecule has 1 heterocycles. The third-order valence-electron chi connectivity index (χ3n) is 3.48. The topological polar surface area (TPSA) is 81.7 Å². The molecule has 0 radical (unpaired) electrons. The van der Waals surface area contributed by atoms with Crippen LogP contribution in [0.3, 0.4) is 0 Å². The second-order valence-corrected chi connectivity index (χ2v) is 5.16. The Morgan fingerprint density at radius 2 is 2.05 bits per heavy atom. The fourth-order valence-electron chi connectivity index (χ4n) is 2.42. The molecule has 6 heteroatoms. The predicted molar refractivity (Wildman–Crippen MR) is 73.1 cm³/mol. The van der Waals surface area contributed by atoms with Crippen LogP contribution in [-0.4, -0.2) is 54.2 Å². The fourth-order valence-corrected chi connectivity index (χ4v) is 2.42. The monoisotopic (exact) mass is 271 g/mol. The number of urea groups is 1. The lowest BCUT2D eigenvalue weighted by Gasteiger charge is -2.34. The number of hydrogen-bond donors (Lipinski definition) is 3. The lowest BCUT2D eigenvalue weighted by Crippen LogP contribution is -2.50. The highest BCUT2D eigenvalue weighted by molar-refractivity contribution is 5.74. The van der Waals surface area contributed by atoms with Gasteiger partial charge in [0.05, 0.1) is 0 Å². The maximum Gasteiger partial charge on any atom is 0.317 e. The van der Waals surface area contributed by atoms with Crippen LogP contribution >= 0.6 is 0 Å². The van der Waals surface area contributed by atoms with Crippen molar-refractivity contribution in [1.82, 2.24) is 15.5 Å². The lowest BCUT2D eigenvalue weighted by atomic mass is 10.1. The minimum absolute atomic E-state index is 0.0480. The first-order valence-electron chi connectivity index (χ1n) is 7.01. The van der Waals surface area contributed by atoms with E-state index in [9.17, 15) is 9.59 Å². The fraction of sp³-hybridized carbons (Fsp3) is 0.846. The molecule has 110 valence electrons. The van der Waals surface area contributed by atoms with E-state index in [0.29, 0.717) is 19.1 Å². The number of carboxylic acid groups (broad SMARTS) is 1. The van der Waals surface area contributed by atoms with Gasteiger partial charge in [0.15, 0.2) is 0 Å². The molecule has 6 nitrogen and oxygen atoms in total. The van der Waals surface area contributed by atoms with Crippen LogP contribution in [0.15, 0.2) is 0 Å². The number of carboxylic acids is 1. The Bertz CT molecular complexity index is 304. The smallest absolute Gasteiger partial charge is 0.317 e. The van der Waals surface area contributed by atoms with E-state index < -0.39 is 5.97 Å². The van der Waals surface area contributed by atoms with Crippen LogP contribution in [0.25, 0.3) is 0 Å². The summed E-state index contributed by atoms with van der Waals surface area (Å²) in [5.41, 5.74) is 0. The standard InChI is InChI=1S/C13H25N3O3/c1-3-16(11-4-6-14-7-5-11)13(19)15-9-10(2)8-12(17)18/h10-11,14H,3-9H2,1-2H3,(H,15,19)(H,17,18). The zero-order valence-corrected chi connectivity index (χ0v) is 11.8. The van der Waals surface area contributed by atoms with Crippen LogP contribution in [0.2, 0.25) is 0 Å². The minimum Gasteiger partial charge on any atom is -0.481 e. The predicted octanol–water partition coefficient (Wildman–Crippen LogP) is 0.881. The van der Waals surface area contributed by atoms with Crippen molar-refractivity contribution in [3.8, 4) is 0 Å². The van der Waals surface area contributed by atoms with Gasteiger partial charge in [-0.25, -0.2) is 4.79 Å². The molecule has 0 spiro atoms. The molecule has 0 aromatic heterocycles. The van der Waals surface area contributed by atoms with Gasteiger partial charge in [0.2, 0.25) is 0 Å². The molecule has 0 bridgehead atoms. The first-order chi connectivity index (χ1) is 9.04. The molecule has 1 saturated heterocycles. The van der Waals surface area contributed by atoms with Gasteiger partial charge in [0.25, 0.3) is 0 Å². The second-order valence-electron chi connectivity index (χ2n) is 5.16. The highest BCUT2D eigenvalue weighted by atomic mass is 16.4. The van der Waals surface area contributed by atoms with Crippen molar-refractivity contribution in [3.63, 3.8) is 0 Å². The van der Waals surface area contributed by atoms with Crippen molar-refractivity contribution in [2.75, 3.05) is 26.2 Å². The Labute approximate surface area is 114 Å². The Kier molecular flexibility index (Phi) is 6.62. The van der Waals surface area contributed by atoms with Crippen LogP contribution in [0.5, 0.6) is 0 Å². The van der Waals surface area contributed by atoms with E-state index in [1.165, 1.54) is 0 Å². The molecule has 2 amide bonds. The molecule has 0 saturated carbocycles. The van der Waals surface area contributed by atoms with Crippen molar-refractivity contribution in [2.45, 2.75) is 39.2 Å². The number of amides is 2. The van der Waals surface area contributed by atoms with E-state index in [2.05, 4.69) is 10.6 Å². The van der Waals surface area contributed by atoms with Crippen molar-refractivity contribution in [3.05, 3.63) is 0 Å². The number of nitrogens with one attached hydrogen (secondary N) is 2. The van der Waals surface area contributed by atoms with E-state index in [1.54, 1.807) is 0 Å². The van der Waals surface area contributed by atoms with Gasteiger partial charge >= 0.3 is 12.0 Å². The second kappa shape index (κ2) is 7.99. The average Bonchev–Trinajstić information content (AvgIpc) is 2.38. The summed E-state index contributed by atoms with van der Waals surface area (Å²) in [4.78, 5) is 24.5. The summed E-state index contributed by atoms with van der Waals surface area (Å²) in [6.07, 6.45) is 2.04. The van der Waals surface area contributed by atoms with Gasteiger partial charge in [-0.2, -0.15) is 0 Å². The van der Waals surface area contributed by atoms with Gasteiger partial charge in [-0.15, -0.1) is 0 Å². The van der Waals surface area contributed by atoms with E-state index in [-0.39, 0.29) is 18.4 Å². The Morgan fingerprint density at radius 1 is 1.42 bits per heavy atom. The molecule has 1 aliphatic heterocycles. The molecular weight excluding hydrogens is 246 g/mol. The first kappa shape index (κ1) is 15.8.